The van der Waals surface area contributed by atoms with E-state index in [1.165, 1.54) is 6.07 Å². The van der Waals surface area contributed by atoms with Crippen molar-refractivity contribution in [1.82, 2.24) is 0 Å². The zero-order valence-corrected chi connectivity index (χ0v) is 10.7. The normalized spacial score (nSPS) is 15.8. The second-order valence-corrected chi connectivity index (χ2v) is 4.58. The molecule has 0 aromatic heterocycles. The molecule has 0 radical (unpaired) electrons. The highest BCUT2D eigenvalue weighted by molar-refractivity contribution is 5.89. The molecule has 6 nitrogen and oxygen atoms in total. The molecular weight excluding hydrogens is 269 g/mol. The molecule has 1 aromatic rings. The molecule has 0 atom stereocenters. The summed E-state index contributed by atoms with van der Waals surface area (Å²) in [6.07, 6.45) is 1.64. The lowest BCUT2D eigenvalue weighted by atomic mass is 10.0. The van der Waals surface area contributed by atoms with E-state index in [-0.39, 0.29) is 18.1 Å². The molecule has 1 aliphatic rings. The highest BCUT2D eigenvalue weighted by Crippen LogP contribution is 2.19. The Morgan fingerprint density at radius 2 is 2.15 bits per heavy atom. The van der Waals surface area contributed by atoms with Crippen molar-refractivity contribution in [1.29, 1.82) is 0 Å². The molecule has 0 amide bonds. The first kappa shape index (κ1) is 14.4. The molecule has 0 unspecified atom stereocenters. The van der Waals surface area contributed by atoms with E-state index in [2.05, 4.69) is 0 Å². The third-order valence-corrected chi connectivity index (χ3v) is 3.17. The van der Waals surface area contributed by atoms with Crippen molar-refractivity contribution in [3.8, 4) is 0 Å². The van der Waals surface area contributed by atoms with E-state index in [9.17, 15) is 19.3 Å². The van der Waals surface area contributed by atoms with Crippen LogP contribution in [0, 0.1) is 21.8 Å². The molecule has 1 aliphatic heterocycles. The Morgan fingerprint density at radius 3 is 2.75 bits per heavy atom. The van der Waals surface area contributed by atoms with Gasteiger partial charge in [-0.25, -0.2) is 4.79 Å². The fourth-order valence-corrected chi connectivity index (χ4v) is 1.97. The number of rotatable bonds is 4. The van der Waals surface area contributed by atoms with Crippen LogP contribution in [0.15, 0.2) is 18.2 Å². The zero-order chi connectivity index (χ0) is 14.5. The van der Waals surface area contributed by atoms with Crippen LogP contribution in [-0.2, 0) is 9.47 Å². The molecule has 0 bridgehead atoms. The summed E-state index contributed by atoms with van der Waals surface area (Å²) < 4.78 is 23.7. The van der Waals surface area contributed by atoms with Crippen LogP contribution in [0.2, 0.25) is 0 Å². The number of halogens is 1. The van der Waals surface area contributed by atoms with Crippen molar-refractivity contribution in [2.45, 2.75) is 12.8 Å². The Balaban J connectivity index is 1.95. The summed E-state index contributed by atoms with van der Waals surface area (Å²) in [7, 11) is 0. The second kappa shape index (κ2) is 6.42. The van der Waals surface area contributed by atoms with Crippen LogP contribution in [0.3, 0.4) is 0 Å². The van der Waals surface area contributed by atoms with E-state index >= 15 is 0 Å². The summed E-state index contributed by atoms with van der Waals surface area (Å²) in [6.45, 7) is 1.55. The number of hydrogen-bond donors (Lipinski definition) is 0. The molecule has 0 N–H and O–H groups in total. The maximum absolute atomic E-state index is 13.4. The minimum atomic E-state index is -1.05. The van der Waals surface area contributed by atoms with Crippen molar-refractivity contribution >= 4 is 11.7 Å². The molecule has 20 heavy (non-hydrogen) atoms. The zero-order valence-electron chi connectivity index (χ0n) is 10.7. The lowest BCUT2D eigenvalue weighted by Gasteiger charge is -2.21. The van der Waals surface area contributed by atoms with Crippen molar-refractivity contribution in [2.24, 2.45) is 5.92 Å². The van der Waals surface area contributed by atoms with Gasteiger partial charge < -0.3 is 9.47 Å². The molecule has 7 heteroatoms. The number of benzene rings is 1. The smallest absolute Gasteiger partial charge is 0.338 e. The van der Waals surface area contributed by atoms with E-state index in [0.29, 0.717) is 13.2 Å². The number of nitro benzene ring substituents is 1. The molecule has 0 spiro atoms. The maximum atomic E-state index is 13.4. The summed E-state index contributed by atoms with van der Waals surface area (Å²) in [5.74, 6) is -1.48. The molecule has 0 saturated carbocycles. The van der Waals surface area contributed by atoms with Gasteiger partial charge in [-0.2, -0.15) is 4.39 Å². The van der Waals surface area contributed by atoms with E-state index in [4.69, 9.17) is 9.47 Å². The van der Waals surface area contributed by atoms with Crippen molar-refractivity contribution in [3.05, 3.63) is 39.7 Å². The number of carbonyl (C=O) groups excluding carboxylic acids is 1. The van der Waals surface area contributed by atoms with Gasteiger partial charge in [0.15, 0.2) is 0 Å². The summed E-state index contributed by atoms with van der Waals surface area (Å²) in [6, 6.07) is 2.97. The third-order valence-electron chi connectivity index (χ3n) is 3.17. The van der Waals surface area contributed by atoms with Crippen LogP contribution in [-0.4, -0.2) is 30.7 Å². The van der Waals surface area contributed by atoms with Gasteiger partial charge in [0, 0.05) is 19.3 Å². The van der Waals surface area contributed by atoms with Crippen LogP contribution in [0.25, 0.3) is 0 Å². The van der Waals surface area contributed by atoms with Gasteiger partial charge in [-0.15, -0.1) is 0 Å². The van der Waals surface area contributed by atoms with Gasteiger partial charge in [-0.3, -0.25) is 10.1 Å². The van der Waals surface area contributed by atoms with E-state index in [1.807, 2.05) is 0 Å². The topological polar surface area (TPSA) is 78.7 Å². The minimum Gasteiger partial charge on any atom is -0.462 e. The first-order valence-electron chi connectivity index (χ1n) is 6.26. The molecule has 0 aliphatic carbocycles. The Labute approximate surface area is 114 Å². The van der Waals surface area contributed by atoms with Gasteiger partial charge in [0.25, 0.3) is 0 Å². The average Bonchev–Trinajstić information content (AvgIpc) is 2.45. The fourth-order valence-electron chi connectivity index (χ4n) is 1.97. The van der Waals surface area contributed by atoms with Gasteiger partial charge >= 0.3 is 11.7 Å². The Morgan fingerprint density at radius 1 is 1.45 bits per heavy atom. The third kappa shape index (κ3) is 3.51. The Kier molecular flexibility index (Phi) is 4.62. The van der Waals surface area contributed by atoms with Crippen LogP contribution in [0.4, 0.5) is 10.1 Å². The number of nitrogens with zero attached hydrogens (tertiary/aromatic N) is 1. The number of nitro groups is 1. The molecule has 1 aromatic carbocycles. The largest absolute Gasteiger partial charge is 0.462 e. The van der Waals surface area contributed by atoms with E-state index < -0.39 is 22.4 Å². The maximum Gasteiger partial charge on any atom is 0.338 e. The molecule has 2 rings (SSSR count). The highest BCUT2D eigenvalue weighted by Gasteiger charge is 2.19. The number of carbonyl (C=O) groups is 1. The van der Waals surface area contributed by atoms with Gasteiger partial charge in [-0.1, -0.05) is 0 Å². The number of hydrogen-bond acceptors (Lipinski definition) is 5. The summed E-state index contributed by atoms with van der Waals surface area (Å²) in [5.41, 5.74) is -0.689. The average molecular weight is 283 g/mol. The van der Waals surface area contributed by atoms with Crippen LogP contribution in [0.1, 0.15) is 23.2 Å². The molecule has 1 fully saturated rings. The summed E-state index contributed by atoms with van der Waals surface area (Å²) >= 11 is 0. The SMILES string of the molecule is O=C(OCC1CCOCC1)c1ccc([N+](=O)[O-])c(F)c1. The molecule has 1 heterocycles. The van der Waals surface area contributed by atoms with Crippen LogP contribution >= 0.6 is 0 Å². The van der Waals surface area contributed by atoms with Gasteiger partial charge in [0.2, 0.25) is 5.82 Å². The van der Waals surface area contributed by atoms with Gasteiger partial charge in [0.1, 0.15) is 0 Å². The quantitative estimate of drug-likeness (QED) is 0.481. The van der Waals surface area contributed by atoms with E-state index in [1.54, 1.807) is 0 Å². The number of esters is 1. The Hall–Kier alpha value is -2.02. The first-order chi connectivity index (χ1) is 9.58. The highest BCUT2D eigenvalue weighted by atomic mass is 19.1. The van der Waals surface area contributed by atoms with Crippen LogP contribution in [0.5, 0.6) is 0 Å². The minimum absolute atomic E-state index is 0.0276. The standard InChI is InChI=1S/C13H14FNO5/c14-11-7-10(1-2-12(11)15(17)18)13(16)20-8-9-3-5-19-6-4-9/h1-2,7,9H,3-6,8H2. The Bertz CT molecular complexity index is 513. The fraction of sp³-hybridized carbons (Fsp3) is 0.462. The predicted molar refractivity (Wildman–Crippen MR) is 66.9 cm³/mol. The second-order valence-electron chi connectivity index (χ2n) is 4.58. The van der Waals surface area contributed by atoms with Crippen molar-refractivity contribution < 1.29 is 23.6 Å². The predicted octanol–water partition coefficient (Wildman–Crippen LogP) is 2.32. The summed E-state index contributed by atoms with van der Waals surface area (Å²) in [5, 5.41) is 10.5. The lowest BCUT2D eigenvalue weighted by molar-refractivity contribution is -0.387. The first-order valence-corrected chi connectivity index (χ1v) is 6.26. The molecular formula is C13H14FNO5. The molecule has 1 saturated heterocycles. The lowest BCUT2D eigenvalue weighted by Crippen LogP contribution is -2.22. The summed E-state index contributed by atoms with van der Waals surface area (Å²) in [4.78, 5) is 21.4. The van der Waals surface area contributed by atoms with Gasteiger partial charge in [-0.05, 0) is 30.9 Å². The molecule has 108 valence electrons. The van der Waals surface area contributed by atoms with Crippen molar-refractivity contribution in [3.63, 3.8) is 0 Å². The van der Waals surface area contributed by atoms with Crippen LogP contribution < -0.4 is 0 Å². The number of ether oxygens (including phenoxy) is 2. The monoisotopic (exact) mass is 283 g/mol. The van der Waals surface area contributed by atoms with Crippen molar-refractivity contribution in [2.75, 3.05) is 19.8 Å². The van der Waals surface area contributed by atoms with Gasteiger partial charge in [0.05, 0.1) is 17.1 Å². The van der Waals surface area contributed by atoms with E-state index in [0.717, 1.165) is 25.0 Å².